The van der Waals surface area contributed by atoms with Crippen LogP contribution in [-0.4, -0.2) is 51.6 Å². The van der Waals surface area contributed by atoms with Crippen molar-refractivity contribution in [3.63, 3.8) is 0 Å². The fourth-order valence-corrected chi connectivity index (χ4v) is 0.473. The third kappa shape index (κ3) is 15.6. The van der Waals surface area contributed by atoms with Crippen molar-refractivity contribution in [1.29, 1.82) is 0 Å². The molecule has 15 heavy (non-hydrogen) atoms. The Morgan fingerprint density at radius 3 is 1.80 bits per heavy atom. The number of nitrogens with two attached hydrogens (primary N) is 1. The maximum Gasteiger partial charge on any atom is 0.320 e. The van der Waals surface area contributed by atoms with Crippen LogP contribution in [-0.2, 0) is 9.59 Å². The SMILES string of the molecule is NC(CCC(=O)O)C(=O)O.OCCCO. The van der Waals surface area contributed by atoms with E-state index in [4.69, 9.17) is 26.2 Å². The number of aliphatic carboxylic acids is 2. The first-order valence-corrected chi connectivity index (χ1v) is 4.37. The van der Waals surface area contributed by atoms with E-state index in [9.17, 15) is 9.59 Å². The first-order chi connectivity index (χ1) is 6.95. The minimum atomic E-state index is -1.17. The smallest absolute Gasteiger partial charge is 0.320 e. The van der Waals surface area contributed by atoms with Gasteiger partial charge in [0, 0.05) is 19.6 Å². The van der Waals surface area contributed by atoms with Crippen molar-refractivity contribution in [3.8, 4) is 0 Å². The second-order valence-electron chi connectivity index (χ2n) is 2.68. The zero-order valence-electron chi connectivity index (χ0n) is 8.30. The van der Waals surface area contributed by atoms with Crippen LogP contribution in [0.4, 0.5) is 0 Å². The van der Waals surface area contributed by atoms with Gasteiger partial charge in [0.15, 0.2) is 0 Å². The molecule has 0 rings (SSSR count). The van der Waals surface area contributed by atoms with Crippen LogP contribution in [0.2, 0.25) is 0 Å². The van der Waals surface area contributed by atoms with Gasteiger partial charge in [-0.2, -0.15) is 0 Å². The molecule has 0 aromatic heterocycles. The van der Waals surface area contributed by atoms with Crippen molar-refractivity contribution < 1.29 is 30.0 Å². The fraction of sp³-hybridized carbons (Fsp3) is 0.750. The van der Waals surface area contributed by atoms with Gasteiger partial charge < -0.3 is 26.2 Å². The lowest BCUT2D eigenvalue weighted by Gasteiger charge is -2.01. The maximum atomic E-state index is 9.99. The van der Waals surface area contributed by atoms with E-state index in [1.807, 2.05) is 0 Å². The van der Waals surface area contributed by atoms with E-state index in [1.165, 1.54) is 0 Å². The van der Waals surface area contributed by atoms with Crippen molar-refractivity contribution in [2.24, 2.45) is 5.73 Å². The molecule has 7 nitrogen and oxygen atoms in total. The molecule has 1 unspecified atom stereocenters. The molecule has 0 radical (unpaired) electrons. The molecule has 0 spiro atoms. The minimum absolute atomic E-state index is 0.0231. The Kier molecular flexibility index (Phi) is 11.8. The first-order valence-electron chi connectivity index (χ1n) is 4.37. The van der Waals surface area contributed by atoms with E-state index < -0.39 is 18.0 Å². The third-order valence-corrected chi connectivity index (χ3v) is 1.30. The average molecular weight is 223 g/mol. The van der Waals surface area contributed by atoms with Crippen LogP contribution in [0.5, 0.6) is 0 Å². The van der Waals surface area contributed by atoms with Crippen molar-refractivity contribution in [3.05, 3.63) is 0 Å². The molecule has 0 amide bonds. The van der Waals surface area contributed by atoms with Gasteiger partial charge in [-0.1, -0.05) is 0 Å². The summed E-state index contributed by atoms with van der Waals surface area (Å²) in [5, 5.41) is 32.1. The van der Waals surface area contributed by atoms with Crippen molar-refractivity contribution in [1.82, 2.24) is 0 Å². The summed E-state index contributed by atoms with van der Waals surface area (Å²) in [5.74, 6) is -2.20. The molecular formula is C8H17NO6. The highest BCUT2D eigenvalue weighted by atomic mass is 16.4. The average Bonchev–Trinajstić information content (AvgIpc) is 2.16. The zero-order chi connectivity index (χ0) is 12.3. The Labute approximate surface area is 87.1 Å². The van der Waals surface area contributed by atoms with Gasteiger partial charge in [0.2, 0.25) is 0 Å². The number of aliphatic hydroxyl groups is 2. The van der Waals surface area contributed by atoms with Crippen LogP contribution < -0.4 is 5.73 Å². The van der Waals surface area contributed by atoms with Gasteiger partial charge in [0.05, 0.1) is 0 Å². The van der Waals surface area contributed by atoms with Crippen molar-refractivity contribution in [2.75, 3.05) is 13.2 Å². The molecular weight excluding hydrogens is 206 g/mol. The first kappa shape index (κ1) is 16.3. The van der Waals surface area contributed by atoms with E-state index in [2.05, 4.69) is 0 Å². The second kappa shape index (κ2) is 10.9. The summed E-state index contributed by atoms with van der Waals surface area (Å²) < 4.78 is 0. The van der Waals surface area contributed by atoms with Crippen LogP contribution in [0.25, 0.3) is 0 Å². The lowest BCUT2D eigenvalue weighted by molar-refractivity contribution is -0.139. The predicted octanol–water partition coefficient (Wildman–Crippen LogP) is -1.38. The monoisotopic (exact) mass is 223 g/mol. The lowest BCUT2D eigenvalue weighted by Crippen LogP contribution is -2.30. The van der Waals surface area contributed by atoms with Gasteiger partial charge in [-0.05, 0) is 12.8 Å². The summed E-state index contributed by atoms with van der Waals surface area (Å²) in [5.41, 5.74) is 5.00. The van der Waals surface area contributed by atoms with E-state index in [0.717, 1.165) is 0 Å². The number of carboxylic acids is 2. The summed E-state index contributed by atoms with van der Waals surface area (Å²) in [6.45, 7) is 0.188. The molecule has 0 aliphatic rings. The van der Waals surface area contributed by atoms with E-state index >= 15 is 0 Å². The minimum Gasteiger partial charge on any atom is -0.481 e. The van der Waals surface area contributed by atoms with Gasteiger partial charge in [0.1, 0.15) is 6.04 Å². The molecule has 0 saturated carbocycles. The summed E-state index contributed by atoms with van der Waals surface area (Å²) >= 11 is 0. The highest BCUT2D eigenvalue weighted by molar-refractivity contribution is 5.74. The molecule has 0 aliphatic heterocycles. The second-order valence-corrected chi connectivity index (χ2v) is 2.68. The summed E-state index contributed by atoms with van der Waals surface area (Å²) in [6.07, 6.45) is 0.276. The normalized spacial score (nSPS) is 11.1. The van der Waals surface area contributed by atoms with E-state index in [0.29, 0.717) is 6.42 Å². The molecule has 1 atom stereocenters. The Morgan fingerprint density at radius 1 is 1.13 bits per heavy atom. The molecule has 0 heterocycles. The summed E-state index contributed by atoms with van der Waals surface area (Å²) in [6, 6.07) is -1.06. The van der Waals surface area contributed by atoms with Crippen molar-refractivity contribution >= 4 is 11.9 Å². The molecule has 0 aliphatic carbocycles. The van der Waals surface area contributed by atoms with E-state index in [1.54, 1.807) is 0 Å². The summed E-state index contributed by atoms with van der Waals surface area (Å²) in [7, 11) is 0. The van der Waals surface area contributed by atoms with Gasteiger partial charge in [-0.3, -0.25) is 9.59 Å². The third-order valence-electron chi connectivity index (χ3n) is 1.30. The van der Waals surface area contributed by atoms with E-state index in [-0.39, 0.29) is 26.1 Å². The van der Waals surface area contributed by atoms with Crippen LogP contribution in [0.3, 0.4) is 0 Å². The standard InChI is InChI=1S/C5H9NO4.C3H8O2/c6-3(5(9)10)1-2-4(7)8;4-2-1-3-5/h3H,1-2,6H2,(H,7,8)(H,9,10);4-5H,1-3H2. The van der Waals surface area contributed by atoms with Gasteiger partial charge in [0.25, 0.3) is 0 Å². The zero-order valence-corrected chi connectivity index (χ0v) is 8.30. The lowest BCUT2D eigenvalue weighted by atomic mass is 10.2. The summed E-state index contributed by atoms with van der Waals surface area (Å²) in [4.78, 5) is 19.9. The number of hydrogen-bond acceptors (Lipinski definition) is 5. The van der Waals surface area contributed by atoms with Crippen molar-refractivity contribution in [2.45, 2.75) is 25.3 Å². The number of hydrogen-bond donors (Lipinski definition) is 5. The largest absolute Gasteiger partial charge is 0.481 e. The molecule has 7 heteroatoms. The molecule has 0 aromatic rings. The quantitative estimate of drug-likeness (QED) is 0.373. The topological polar surface area (TPSA) is 141 Å². The van der Waals surface area contributed by atoms with Crippen LogP contribution in [0, 0.1) is 0 Å². The van der Waals surface area contributed by atoms with Crippen LogP contribution >= 0.6 is 0 Å². The predicted molar refractivity (Wildman–Crippen MR) is 51.3 cm³/mol. The molecule has 0 fully saturated rings. The van der Waals surface area contributed by atoms with Crippen LogP contribution in [0.15, 0.2) is 0 Å². The Bertz CT molecular complexity index is 182. The Morgan fingerprint density at radius 2 is 1.60 bits per heavy atom. The molecule has 0 bridgehead atoms. The highest BCUT2D eigenvalue weighted by Crippen LogP contribution is 1.93. The molecule has 6 N–H and O–H groups in total. The van der Waals surface area contributed by atoms with Gasteiger partial charge in [-0.25, -0.2) is 0 Å². The fourth-order valence-electron chi connectivity index (χ4n) is 0.473. The number of carbonyl (C=O) groups is 2. The molecule has 90 valence electrons. The highest BCUT2D eigenvalue weighted by Gasteiger charge is 2.12. The molecule has 0 aromatic carbocycles. The number of aliphatic hydroxyl groups excluding tert-OH is 2. The van der Waals surface area contributed by atoms with Gasteiger partial charge >= 0.3 is 11.9 Å². The Balaban J connectivity index is 0. The Hall–Kier alpha value is -1.18. The maximum absolute atomic E-state index is 9.99. The van der Waals surface area contributed by atoms with Crippen LogP contribution in [0.1, 0.15) is 19.3 Å². The number of rotatable bonds is 6. The molecule has 0 saturated heterocycles. The number of carboxylic acid groups (broad SMARTS) is 2. The van der Waals surface area contributed by atoms with Gasteiger partial charge in [-0.15, -0.1) is 0 Å².